The summed E-state index contributed by atoms with van der Waals surface area (Å²) in [6.07, 6.45) is 0. The van der Waals surface area contributed by atoms with Gasteiger partial charge in [-0.1, -0.05) is 0 Å². The van der Waals surface area contributed by atoms with Crippen LogP contribution in [0.3, 0.4) is 0 Å². The molecule has 0 heterocycles. The van der Waals surface area contributed by atoms with E-state index in [2.05, 4.69) is 7.80 Å². The van der Waals surface area contributed by atoms with Crippen molar-refractivity contribution in [3.05, 3.63) is 0 Å². The van der Waals surface area contributed by atoms with Gasteiger partial charge in [-0.2, -0.15) is 0 Å². The molecule has 0 amide bonds. The molecule has 42 valence electrons. The maximum Gasteiger partial charge on any atom is 0.304 e. The molecule has 0 radical (unpaired) electrons. The standard InChI is InChI=1S/C3H5IO3/c1-3(5)6-2-7-4/h2H2,1H3. The smallest absolute Gasteiger partial charge is 0.304 e. The van der Waals surface area contributed by atoms with Crippen molar-refractivity contribution in [2.75, 3.05) is 6.79 Å². The Bertz CT molecular complexity index is 63.2. The van der Waals surface area contributed by atoms with Crippen LogP contribution in [0, 0.1) is 0 Å². The third-order valence-electron chi connectivity index (χ3n) is 0.307. The van der Waals surface area contributed by atoms with Gasteiger partial charge in [0.25, 0.3) is 0 Å². The fourth-order valence-corrected chi connectivity index (χ4v) is 0.232. The van der Waals surface area contributed by atoms with Gasteiger partial charge >= 0.3 is 5.97 Å². The summed E-state index contributed by atoms with van der Waals surface area (Å²) in [4.78, 5) is 9.90. The van der Waals surface area contributed by atoms with E-state index in [1.807, 2.05) is 0 Å². The fraction of sp³-hybridized carbons (Fsp3) is 0.667. The zero-order valence-corrected chi connectivity index (χ0v) is 5.97. The van der Waals surface area contributed by atoms with Crippen LogP contribution in [-0.2, 0) is 12.6 Å². The van der Waals surface area contributed by atoms with Crippen LogP contribution in [0.5, 0.6) is 0 Å². The van der Waals surface area contributed by atoms with Gasteiger partial charge in [-0.3, -0.25) is 7.86 Å². The van der Waals surface area contributed by atoms with Gasteiger partial charge in [0.2, 0.25) is 6.79 Å². The first-order valence-electron chi connectivity index (χ1n) is 1.64. The molecule has 0 atom stereocenters. The molecule has 0 aromatic heterocycles. The molecule has 0 N–H and O–H groups in total. The van der Waals surface area contributed by atoms with Crippen molar-refractivity contribution in [1.29, 1.82) is 0 Å². The van der Waals surface area contributed by atoms with E-state index < -0.39 is 0 Å². The van der Waals surface area contributed by atoms with E-state index in [1.54, 1.807) is 23.0 Å². The summed E-state index contributed by atoms with van der Waals surface area (Å²) in [7, 11) is 0. The summed E-state index contributed by atoms with van der Waals surface area (Å²) in [6.45, 7) is 1.37. The summed E-state index contributed by atoms with van der Waals surface area (Å²) >= 11 is 1.64. The molecule has 0 aliphatic carbocycles. The van der Waals surface area contributed by atoms with E-state index >= 15 is 0 Å². The fourth-order valence-electron chi connectivity index (χ4n) is 0.105. The third kappa shape index (κ3) is 6.16. The SMILES string of the molecule is CC(=O)OCOI. The third-order valence-corrected chi connectivity index (χ3v) is 0.561. The first-order valence-corrected chi connectivity index (χ1v) is 2.52. The lowest BCUT2D eigenvalue weighted by molar-refractivity contribution is -0.145. The second-order valence-corrected chi connectivity index (χ2v) is 1.49. The highest BCUT2D eigenvalue weighted by Gasteiger charge is 1.86. The van der Waals surface area contributed by atoms with Crippen LogP contribution in [-0.4, -0.2) is 12.8 Å². The van der Waals surface area contributed by atoms with Crippen molar-refractivity contribution >= 4 is 29.0 Å². The maximum atomic E-state index is 9.90. The van der Waals surface area contributed by atoms with Crippen molar-refractivity contribution in [3.8, 4) is 0 Å². The summed E-state index contributed by atoms with van der Waals surface area (Å²) < 4.78 is 8.70. The molecule has 0 aromatic rings. The summed E-state index contributed by atoms with van der Waals surface area (Å²) in [5, 5.41) is 0. The number of hydrogen-bond acceptors (Lipinski definition) is 3. The van der Waals surface area contributed by atoms with Crippen LogP contribution >= 0.6 is 23.0 Å². The van der Waals surface area contributed by atoms with Crippen molar-refractivity contribution in [2.45, 2.75) is 6.92 Å². The zero-order chi connectivity index (χ0) is 5.70. The minimum Gasteiger partial charge on any atom is -0.438 e. The number of hydrogen-bond donors (Lipinski definition) is 0. The Balaban J connectivity index is 2.82. The van der Waals surface area contributed by atoms with Crippen LogP contribution in [0.4, 0.5) is 0 Å². The number of halogens is 1. The van der Waals surface area contributed by atoms with Crippen molar-refractivity contribution < 1.29 is 12.6 Å². The second-order valence-electron chi connectivity index (χ2n) is 0.863. The van der Waals surface area contributed by atoms with E-state index in [9.17, 15) is 4.79 Å². The van der Waals surface area contributed by atoms with E-state index in [0.29, 0.717) is 0 Å². The van der Waals surface area contributed by atoms with Gasteiger partial charge in [0.05, 0.1) is 0 Å². The molecule has 0 fully saturated rings. The predicted molar refractivity (Wildman–Crippen MR) is 31.7 cm³/mol. The van der Waals surface area contributed by atoms with Crippen molar-refractivity contribution in [1.82, 2.24) is 0 Å². The molecule has 7 heavy (non-hydrogen) atoms. The Kier molecular flexibility index (Phi) is 4.42. The minimum atomic E-state index is -0.323. The van der Waals surface area contributed by atoms with Crippen LogP contribution in [0.25, 0.3) is 0 Å². The summed E-state index contributed by atoms with van der Waals surface area (Å²) in [6, 6.07) is 0. The van der Waals surface area contributed by atoms with E-state index in [4.69, 9.17) is 0 Å². The number of esters is 1. The molecular weight excluding hydrogens is 211 g/mol. The largest absolute Gasteiger partial charge is 0.438 e. The first kappa shape index (κ1) is 7.16. The highest BCUT2D eigenvalue weighted by molar-refractivity contribution is 14.1. The van der Waals surface area contributed by atoms with Crippen LogP contribution in [0.2, 0.25) is 0 Å². The molecule has 0 saturated heterocycles. The summed E-state index contributed by atoms with van der Waals surface area (Å²) in [5.74, 6) is -0.323. The van der Waals surface area contributed by atoms with Gasteiger partial charge in [0, 0.05) is 6.92 Å². The topological polar surface area (TPSA) is 35.5 Å². The van der Waals surface area contributed by atoms with Gasteiger partial charge < -0.3 is 4.74 Å². The van der Waals surface area contributed by atoms with E-state index in [-0.39, 0.29) is 12.8 Å². The zero-order valence-electron chi connectivity index (χ0n) is 3.81. The van der Waals surface area contributed by atoms with Gasteiger partial charge in [0.1, 0.15) is 23.0 Å². The number of rotatable bonds is 2. The van der Waals surface area contributed by atoms with Gasteiger partial charge in [-0.25, -0.2) is 0 Å². The lowest BCUT2D eigenvalue weighted by Crippen LogP contribution is -1.98. The predicted octanol–water partition coefficient (Wildman–Crippen LogP) is 0.874. The molecule has 0 spiro atoms. The quantitative estimate of drug-likeness (QED) is 0.390. The van der Waals surface area contributed by atoms with Crippen LogP contribution < -0.4 is 0 Å². The molecular formula is C3H5IO3. The Morgan fingerprint density at radius 1 is 1.86 bits per heavy atom. The first-order chi connectivity index (χ1) is 3.27. The second kappa shape index (κ2) is 4.32. The number of ether oxygens (including phenoxy) is 1. The molecule has 0 saturated carbocycles. The Morgan fingerprint density at radius 3 is 2.57 bits per heavy atom. The lowest BCUT2D eigenvalue weighted by Gasteiger charge is -1.93. The highest BCUT2D eigenvalue weighted by atomic mass is 127. The highest BCUT2D eigenvalue weighted by Crippen LogP contribution is 1.84. The molecule has 4 heteroatoms. The maximum absolute atomic E-state index is 9.90. The van der Waals surface area contributed by atoms with Gasteiger partial charge in [-0.15, -0.1) is 0 Å². The lowest BCUT2D eigenvalue weighted by atomic mass is 10.8. The Morgan fingerprint density at radius 2 is 2.43 bits per heavy atom. The number of carbonyl (C=O) groups excluding carboxylic acids is 1. The van der Waals surface area contributed by atoms with Crippen molar-refractivity contribution in [2.24, 2.45) is 0 Å². The monoisotopic (exact) mass is 216 g/mol. The van der Waals surface area contributed by atoms with E-state index in [1.165, 1.54) is 6.92 Å². The molecule has 0 unspecified atom stereocenters. The molecule has 0 aliphatic heterocycles. The molecule has 3 nitrogen and oxygen atoms in total. The molecule has 0 aromatic carbocycles. The van der Waals surface area contributed by atoms with Crippen LogP contribution in [0.1, 0.15) is 6.92 Å². The van der Waals surface area contributed by atoms with E-state index in [0.717, 1.165) is 0 Å². The van der Waals surface area contributed by atoms with Crippen LogP contribution in [0.15, 0.2) is 0 Å². The molecule has 0 aliphatic rings. The molecule has 0 bridgehead atoms. The van der Waals surface area contributed by atoms with Gasteiger partial charge in [-0.05, 0) is 0 Å². The van der Waals surface area contributed by atoms with Gasteiger partial charge in [0.15, 0.2) is 0 Å². The number of carbonyl (C=O) groups is 1. The average Bonchev–Trinajstić information content (AvgIpc) is 1.61. The summed E-state index contributed by atoms with van der Waals surface area (Å²) in [5.41, 5.74) is 0. The average molecular weight is 216 g/mol. The Hall–Kier alpha value is 0.160. The minimum absolute atomic E-state index is 0.0376. The molecule has 0 rings (SSSR count). The Labute approximate surface area is 55.7 Å². The normalized spacial score (nSPS) is 8.29. The van der Waals surface area contributed by atoms with Crippen molar-refractivity contribution in [3.63, 3.8) is 0 Å².